The van der Waals surface area contributed by atoms with Gasteiger partial charge >= 0.3 is 6.03 Å². The van der Waals surface area contributed by atoms with Crippen LogP contribution in [-0.2, 0) is 9.05 Å². The fourth-order valence-corrected chi connectivity index (χ4v) is 2.64. The molecule has 0 saturated heterocycles. The number of benzene rings is 2. The number of carbonyl (C=O) groups is 1. The Morgan fingerprint density at radius 2 is 1.68 bits per heavy atom. The van der Waals surface area contributed by atoms with Crippen molar-refractivity contribution in [3.63, 3.8) is 0 Å². The second kappa shape index (κ2) is 6.51. The summed E-state index contributed by atoms with van der Waals surface area (Å²) < 4.78 is 35.1. The van der Waals surface area contributed by atoms with Crippen molar-refractivity contribution in [2.75, 3.05) is 10.6 Å². The van der Waals surface area contributed by atoms with Crippen LogP contribution in [0.15, 0.2) is 47.4 Å². The summed E-state index contributed by atoms with van der Waals surface area (Å²) in [4.78, 5) is 11.6. The topological polar surface area (TPSA) is 75.3 Å². The maximum atomic E-state index is 12.8. The van der Waals surface area contributed by atoms with E-state index in [2.05, 4.69) is 10.6 Å². The number of hydrogen-bond donors (Lipinski definition) is 2. The van der Waals surface area contributed by atoms with Crippen molar-refractivity contribution in [3.8, 4) is 0 Å². The molecular weight excluding hydrogens is 354 g/mol. The van der Waals surface area contributed by atoms with Crippen LogP contribution in [0.5, 0.6) is 0 Å². The molecular formula is C13H9Cl2FN2O3S. The third kappa shape index (κ3) is 4.33. The number of amides is 2. The third-order valence-electron chi connectivity index (χ3n) is 2.57. The molecule has 0 radical (unpaired) electrons. The number of nitrogens with one attached hydrogen (secondary N) is 2. The summed E-state index contributed by atoms with van der Waals surface area (Å²) in [5.41, 5.74) is 0.584. The van der Waals surface area contributed by atoms with Gasteiger partial charge in [-0.2, -0.15) is 0 Å². The van der Waals surface area contributed by atoms with E-state index in [0.717, 1.165) is 6.07 Å². The molecule has 0 bridgehead atoms. The summed E-state index contributed by atoms with van der Waals surface area (Å²) in [6.07, 6.45) is 0. The van der Waals surface area contributed by atoms with Gasteiger partial charge in [0.25, 0.3) is 9.05 Å². The predicted octanol–water partition coefficient (Wildman–Crippen LogP) is 4.05. The third-order valence-corrected chi connectivity index (χ3v) is 4.24. The van der Waals surface area contributed by atoms with Crippen LogP contribution in [-0.4, -0.2) is 14.4 Å². The first kappa shape index (κ1) is 16.5. The molecule has 0 aliphatic carbocycles. The number of hydrogen-bond acceptors (Lipinski definition) is 3. The van der Waals surface area contributed by atoms with E-state index < -0.39 is 20.9 Å². The first-order chi connectivity index (χ1) is 10.3. The zero-order valence-electron chi connectivity index (χ0n) is 10.8. The maximum absolute atomic E-state index is 12.8. The van der Waals surface area contributed by atoms with Crippen LogP contribution < -0.4 is 10.6 Å². The van der Waals surface area contributed by atoms with Crippen molar-refractivity contribution in [3.05, 3.63) is 53.3 Å². The molecule has 0 fully saturated rings. The lowest BCUT2D eigenvalue weighted by atomic mass is 10.3. The van der Waals surface area contributed by atoms with E-state index in [1.807, 2.05) is 0 Å². The van der Waals surface area contributed by atoms with E-state index in [0.29, 0.717) is 5.69 Å². The molecule has 9 heteroatoms. The highest BCUT2D eigenvalue weighted by atomic mass is 35.7. The lowest BCUT2D eigenvalue weighted by Crippen LogP contribution is -2.19. The second-order valence-electron chi connectivity index (χ2n) is 4.17. The van der Waals surface area contributed by atoms with Gasteiger partial charge in [0.05, 0.1) is 15.6 Å². The van der Waals surface area contributed by atoms with Gasteiger partial charge in [-0.25, -0.2) is 17.6 Å². The van der Waals surface area contributed by atoms with Crippen LogP contribution >= 0.6 is 22.3 Å². The van der Waals surface area contributed by atoms with Gasteiger partial charge < -0.3 is 10.6 Å². The lowest BCUT2D eigenvalue weighted by molar-refractivity contribution is 0.262. The van der Waals surface area contributed by atoms with Gasteiger partial charge in [-0.05, 0) is 42.5 Å². The number of urea groups is 1. The fourth-order valence-electron chi connectivity index (χ4n) is 1.57. The smallest absolute Gasteiger partial charge is 0.308 e. The van der Waals surface area contributed by atoms with Gasteiger partial charge in [-0.15, -0.1) is 0 Å². The Balaban J connectivity index is 2.10. The average Bonchev–Trinajstić information content (AvgIpc) is 2.42. The number of carbonyl (C=O) groups excluding carboxylic acids is 1. The number of halogens is 3. The SMILES string of the molecule is O=C(Nc1ccc(F)cc1)Nc1ccc(S(=O)(=O)Cl)cc1Cl. The van der Waals surface area contributed by atoms with Gasteiger partial charge in [0.15, 0.2) is 0 Å². The first-order valence-corrected chi connectivity index (χ1v) is 8.52. The monoisotopic (exact) mass is 362 g/mol. The quantitative estimate of drug-likeness (QED) is 0.808. The number of anilines is 2. The van der Waals surface area contributed by atoms with Crippen LogP contribution in [0.2, 0.25) is 5.02 Å². The van der Waals surface area contributed by atoms with Crippen LogP contribution in [0, 0.1) is 5.82 Å². The van der Waals surface area contributed by atoms with E-state index >= 15 is 0 Å². The standard InChI is InChI=1S/C13H9Cl2FN2O3S/c14-11-7-10(22(15,20)21)5-6-12(11)18-13(19)17-9-3-1-8(16)2-4-9/h1-7H,(H2,17,18,19). The van der Waals surface area contributed by atoms with Gasteiger partial charge in [-0.3, -0.25) is 0 Å². The Morgan fingerprint density at radius 3 is 2.23 bits per heavy atom. The Kier molecular flexibility index (Phi) is 4.90. The summed E-state index contributed by atoms with van der Waals surface area (Å²) in [6.45, 7) is 0. The molecule has 2 aromatic rings. The van der Waals surface area contributed by atoms with Gasteiger partial charge in [0.2, 0.25) is 0 Å². The molecule has 2 aromatic carbocycles. The van der Waals surface area contributed by atoms with Gasteiger partial charge in [0.1, 0.15) is 5.82 Å². The Hall–Kier alpha value is -1.83. The maximum Gasteiger partial charge on any atom is 0.323 e. The van der Waals surface area contributed by atoms with E-state index in [1.54, 1.807) is 0 Å². The first-order valence-electron chi connectivity index (χ1n) is 5.83. The predicted molar refractivity (Wildman–Crippen MR) is 83.5 cm³/mol. The highest BCUT2D eigenvalue weighted by Gasteiger charge is 2.13. The van der Waals surface area contributed by atoms with E-state index in [1.165, 1.54) is 36.4 Å². The molecule has 22 heavy (non-hydrogen) atoms. The summed E-state index contributed by atoms with van der Waals surface area (Å²) in [7, 11) is 1.29. The zero-order chi connectivity index (χ0) is 16.3. The van der Waals surface area contributed by atoms with Crippen molar-refractivity contribution in [1.82, 2.24) is 0 Å². The van der Waals surface area contributed by atoms with Crippen molar-refractivity contribution in [2.45, 2.75) is 4.90 Å². The minimum Gasteiger partial charge on any atom is -0.308 e. The molecule has 0 heterocycles. The number of rotatable bonds is 3. The molecule has 0 aliphatic heterocycles. The molecule has 0 spiro atoms. The van der Waals surface area contributed by atoms with E-state index in [4.69, 9.17) is 22.3 Å². The Labute approximate surface area is 135 Å². The van der Waals surface area contributed by atoms with Crippen LogP contribution in [0.25, 0.3) is 0 Å². The van der Waals surface area contributed by atoms with Gasteiger partial charge in [-0.1, -0.05) is 11.6 Å². The van der Waals surface area contributed by atoms with Crippen molar-refractivity contribution in [2.24, 2.45) is 0 Å². The van der Waals surface area contributed by atoms with Crippen molar-refractivity contribution in [1.29, 1.82) is 0 Å². The molecule has 2 amide bonds. The largest absolute Gasteiger partial charge is 0.323 e. The average molecular weight is 363 g/mol. The van der Waals surface area contributed by atoms with Crippen LogP contribution in [0.3, 0.4) is 0 Å². The summed E-state index contributed by atoms with van der Waals surface area (Å²) in [5, 5.41) is 4.92. The van der Waals surface area contributed by atoms with Crippen LogP contribution in [0.4, 0.5) is 20.6 Å². The molecule has 0 atom stereocenters. The molecule has 5 nitrogen and oxygen atoms in total. The van der Waals surface area contributed by atoms with E-state index in [9.17, 15) is 17.6 Å². The Bertz CT molecular complexity index is 811. The lowest BCUT2D eigenvalue weighted by Gasteiger charge is -2.09. The van der Waals surface area contributed by atoms with Crippen LogP contribution in [0.1, 0.15) is 0 Å². The molecule has 2 rings (SSSR count). The highest BCUT2D eigenvalue weighted by molar-refractivity contribution is 8.13. The molecule has 0 aromatic heterocycles. The molecule has 116 valence electrons. The Morgan fingerprint density at radius 1 is 1.05 bits per heavy atom. The molecule has 0 aliphatic rings. The summed E-state index contributed by atoms with van der Waals surface area (Å²) in [6, 6.07) is 8.20. The summed E-state index contributed by atoms with van der Waals surface area (Å²) >= 11 is 5.89. The molecule has 0 unspecified atom stereocenters. The normalized spacial score (nSPS) is 11.0. The van der Waals surface area contributed by atoms with E-state index in [-0.39, 0.29) is 15.6 Å². The zero-order valence-corrected chi connectivity index (χ0v) is 13.1. The van der Waals surface area contributed by atoms with Crippen molar-refractivity contribution >= 4 is 48.7 Å². The van der Waals surface area contributed by atoms with Gasteiger partial charge in [0, 0.05) is 16.4 Å². The molecule has 2 N–H and O–H groups in total. The minimum atomic E-state index is -3.90. The molecule has 0 saturated carbocycles. The fraction of sp³-hybridized carbons (Fsp3) is 0. The van der Waals surface area contributed by atoms with Crippen molar-refractivity contribution < 1.29 is 17.6 Å². The second-order valence-corrected chi connectivity index (χ2v) is 7.14. The summed E-state index contributed by atoms with van der Waals surface area (Å²) in [5.74, 6) is -0.424. The minimum absolute atomic E-state index is 0.0102. The highest BCUT2D eigenvalue weighted by Crippen LogP contribution is 2.27.